The zero-order valence-corrected chi connectivity index (χ0v) is 15.9. The summed E-state index contributed by atoms with van der Waals surface area (Å²) in [5.41, 5.74) is -0.721. The van der Waals surface area contributed by atoms with Crippen molar-refractivity contribution < 1.29 is 22.4 Å². The predicted molar refractivity (Wildman–Crippen MR) is 92.2 cm³/mol. The minimum Gasteiger partial charge on any atom is -0.387 e. The summed E-state index contributed by atoms with van der Waals surface area (Å²) in [6, 6.07) is 6.53. The topological polar surface area (TPSA) is 72.8 Å². The molecule has 0 aromatic heterocycles. The third kappa shape index (κ3) is 3.82. The normalized spacial score (nSPS) is 29.8. The van der Waals surface area contributed by atoms with Crippen molar-refractivity contribution in [2.45, 2.75) is 57.1 Å². The Morgan fingerprint density at radius 3 is 2.33 bits per heavy atom. The molecule has 1 aromatic rings. The van der Waals surface area contributed by atoms with Gasteiger partial charge in [-0.2, -0.15) is 8.42 Å². The summed E-state index contributed by atoms with van der Waals surface area (Å²) in [5.74, 6) is 0.116. The van der Waals surface area contributed by atoms with Crippen molar-refractivity contribution >= 4 is 10.1 Å². The van der Waals surface area contributed by atoms with E-state index in [1.165, 1.54) is 12.1 Å². The smallest absolute Gasteiger partial charge is 0.297 e. The van der Waals surface area contributed by atoms with Crippen LogP contribution in [0.3, 0.4) is 0 Å². The molecule has 6 heteroatoms. The fourth-order valence-corrected chi connectivity index (χ4v) is 5.02. The second kappa shape index (κ2) is 6.75. The number of aliphatic hydroxyl groups is 1. The van der Waals surface area contributed by atoms with E-state index in [0.29, 0.717) is 13.0 Å². The molecule has 1 fully saturated rings. The Balaban J connectivity index is 2.27. The number of rotatable bonds is 6. The van der Waals surface area contributed by atoms with Crippen molar-refractivity contribution in [3.05, 3.63) is 29.8 Å². The van der Waals surface area contributed by atoms with E-state index in [-0.39, 0.29) is 10.8 Å². The molecule has 1 aliphatic rings. The van der Waals surface area contributed by atoms with Gasteiger partial charge >= 0.3 is 0 Å². The van der Waals surface area contributed by atoms with Gasteiger partial charge < -0.3 is 9.84 Å². The summed E-state index contributed by atoms with van der Waals surface area (Å²) in [7, 11) is -2.30. The monoisotopic (exact) mass is 356 g/mol. The summed E-state index contributed by atoms with van der Waals surface area (Å²) in [6.45, 7) is 8.01. The zero-order chi connectivity index (χ0) is 18.2. The molecule has 0 saturated heterocycles. The van der Waals surface area contributed by atoms with Crippen LogP contribution in [-0.4, -0.2) is 38.9 Å². The van der Waals surface area contributed by atoms with Gasteiger partial charge in [-0.3, -0.25) is 4.18 Å². The Kier molecular flexibility index (Phi) is 5.45. The largest absolute Gasteiger partial charge is 0.387 e. The molecule has 0 spiro atoms. The highest BCUT2D eigenvalue weighted by Gasteiger charge is 2.57. The standard InChI is InChI=1S/C18H28O5S/c1-13-6-8-15(9-7-13)24(20,21)23-16-17(2,3)14(10-11-22-5)12-18(16,4)19/h6-9,14,16,19H,10-12H2,1-5H3/t14-,16+,18+/m0/s1. The van der Waals surface area contributed by atoms with Crippen LogP contribution in [-0.2, 0) is 19.0 Å². The van der Waals surface area contributed by atoms with Gasteiger partial charge in [0.2, 0.25) is 0 Å². The number of methoxy groups -OCH3 is 1. The summed E-state index contributed by atoms with van der Waals surface area (Å²) in [5, 5.41) is 10.8. The Bertz CT molecular complexity index is 661. The molecule has 1 aliphatic carbocycles. The molecular weight excluding hydrogens is 328 g/mol. The van der Waals surface area contributed by atoms with Crippen LogP contribution in [0.15, 0.2) is 29.2 Å². The maximum absolute atomic E-state index is 12.6. The lowest BCUT2D eigenvalue weighted by molar-refractivity contribution is -0.0559. The molecule has 1 aromatic carbocycles. The molecular formula is C18H28O5S. The van der Waals surface area contributed by atoms with E-state index in [1.807, 2.05) is 20.8 Å². The van der Waals surface area contributed by atoms with Crippen LogP contribution in [0.2, 0.25) is 0 Å². The molecule has 24 heavy (non-hydrogen) atoms. The molecule has 0 aliphatic heterocycles. The number of hydrogen-bond acceptors (Lipinski definition) is 5. The molecule has 1 N–H and O–H groups in total. The van der Waals surface area contributed by atoms with Gasteiger partial charge in [0, 0.05) is 13.7 Å². The molecule has 3 atom stereocenters. The number of ether oxygens (including phenoxy) is 1. The Morgan fingerprint density at radius 1 is 1.21 bits per heavy atom. The molecule has 5 nitrogen and oxygen atoms in total. The first-order chi connectivity index (χ1) is 11.0. The number of aryl methyl sites for hydroxylation is 1. The van der Waals surface area contributed by atoms with Crippen LogP contribution in [0.4, 0.5) is 0 Å². The lowest BCUT2D eigenvalue weighted by Gasteiger charge is -2.35. The van der Waals surface area contributed by atoms with Crippen LogP contribution >= 0.6 is 0 Å². The highest BCUT2D eigenvalue weighted by molar-refractivity contribution is 7.86. The third-order valence-corrected chi connectivity index (χ3v) is 6.45. The van der Waals surface area contributed by atoms with Gasteiger partial charge in [-0.25, -0.2) is 0 Å². The van der Waals surface area contributed by atoms with Crippen LogP contribution in [0.1, 0.15) is 39.2 Å². The van der Waals surface area contributed by atoms with Gasteiger partial charge in [-0.05, 0) is 50.2 Å². The van der Waals surface area contributed by atoms with Gasteiger partial charge in [0.25, 0.3) is 10.1 Å². The summed E-state index contributed by atoms with van der Waals surface area (Å²) >= 11 is 0. The van der Waals surface area contributed by atoms with Crippen molar-refractivity contribution in [1.29, 1.82) is 0 Å². The lowest BCUT2D eigenvalue weighted by atomic mass is 9.78. The SMILES string of the molecule is COCC[C@H]1C[C@@](C)(O)[C@H](OS(=O)(=O)c2ccc(C)cc2)C1(C)C. The second-order valence-electron chi connectivity index (χ2n) is 7.60. The van der Waals surface area contributed by atoms with Crippen LogP contribution in [0.25, 0.3) is 0 Å². The molecule has 0 bridgehead atoms. The zero-order valence-electron chi connectivity index (χ0n) is 15.1. The van der Waals surface area contributed by atoms with Crippen molar-refractivity contribution in [1.82, 2.24) is 0 Å². The third-order valence-electron chi connectivity index (χ3n) is 5.16. The molecule has 0 unspecified atom stereocenters. The van der Waals surface area contributed by atoms with Crippen molar-refractivity contribution in [3.63, 3.8) is 0 Å². The first kappa shape index (κ1) is 19.4. The van der Waals surface area contributed by atoms with Crippen molar-refractivity contribution in [2.24, 2.45) is 11.3 Å². The van der Waals surface area contributed by atoms with E-state index in [0.717, 1.165) is 12.0 Å². The van der Waals surface area contributed by atoms with Crippen LogP contribution < -0.4 is 0 Å². The first-order valence-corrected chi connectivity index (χ1v) is 9.63. The van der Waals surface area contributed by atoms with E-state index in [9.17, 15) is 13.5 Å². The van der Waals surface area contributed by atoms with Crippen molar-refractivity contribution in [3.8, 4) is 0 Å². The Labute approximate surface area is 145 Å². The average molecular weight is 356 g/mol. The number of benzene rings is 1. The first-order valence-electron chi connectivity index (χ1n) is 8.22. The van der Waals surface area contributed by atoms with Gasteiger partial charge in [0.05, 0.1) is 10.5 Å². The molecule has 0 radical (unpaired) electrons. The maximum atomic E-state index is 12.6. The molecule has 0 amide bonds. The minimum atomic E-state index is -3.94. The molecule has 0 heterocycles. The van der Waals surface area contributed by atoms with Gasteiger partial charge in [0.1, 0.15) is 6.10 Å². The lowest BCUT2D eigenvalue weighted by Crippen LogP contribution is -2.44. The quantitative estimate of drug-likeness (QED) is 0.794. The van der Waals surface area contributed by atoms with Gasteiger partial charge in [-0.1, -0.05) is 31.5 Å². The van der Waals surface area contributed by atoms with E-state index in [2.05, 4.69) is 0 Å². The van der Waals surface area contributed by atoms with E-state index >= 15 is 0 Å². The average Bonchev–Trinajstić information content (AvgIpc) is 2.65. The summed E-state index contributed by atoms with van der Waals surface area (Å²) < 4.78 is 36.0. The summed E-state index contributed by atoms with van der Waals surface area (Å²) in [4.78, 5) is 0.111. The number of hydrogen-bond donors (Lipinski definition) is 1. The minimum absolute atomic E-state index is 0.111. The van der Waals surface area contributed by atoms with Gasteiger partial charge in [-0.15, -0.1) is 0 Å². The Morgan fingerprint density at radius 2 is 1.79 bits per heavy atom. The summed E-state index contributed by atoms with van der Waals surface area (Å²) in [6.07, 6.45) is 0.430. The van der Waals surface area contributed by atoms with E-state index in [1.54, 1.807) is 26.2 Å². The van der Waals surface area contributed by atoms with E-state index < -0.39 is 27.2 Å². The fourth-order valence-electron chi connectivity index (χ4n) is 3.73. The highest BCUT2D eigenvalue weighted by atomic mass is 32.2. The predicted octanol–water partition coefficient (Wildman–Crippen LogP) is 2.90. The highest BCUT2D eigenvalue weighted by Crippen LogP contribution is 2.52. The molecule has 2 rings (SSSR count). The van der Waals surface area contributed by atoms with Crippen LogP contribution in [0.5, 0.6) is 0 Å². The molecule has 1 saturated carbocycles. The van der Waals surface area contributed by atoms with Crippen LogP contribution in [0, 0.1) is 18.3 Å². The maximum Gasteiger partial charge on any atom is 0.297 e. The van der Waals surface area contributed by atoms with Gasteiger partial charge in [0.15, 0.2) is 0 Å². The van der Waals surface area contributed by atoms with Crippen molar-refractivity contribution in [2.75, 3.05) is 13.7 Å². The Hall–Kier alpha value is -0.950. The fraction of sp³-hybridized carbons (Fsp3) is 0.667. The second-order valence-corrected chi connectivity index (χ2v) is 9.18. The molecule has 136 valence electrons. The van der Waals surface area contributed by atoms with E-state index in [4.69, 9.17) is 8.92 Å².